The summed E-state index contributed by atoms with van der Waals surface area (Å²) in [6.45, 7) is 1.80. The first-order chi connectivity index (χ1) is 11.0. The number of aliphatic hydroxyl groups excluding tert-OH is 1. The molecular formula is C16H21FN2O4. The molecule has 1 spiro atoms. The number of anilines is 1. The molecule has 0 aromatic heterocycles. The van der Waals surface area contributed by atoms with E-state index in [1.165, 1.54) is 12.1 Å². The smallest absolute Gasteiger partial charge is 0.295 e. The van der Waals surface area contributed by atoms with Gasteiger partial charge in [0.1, 0.15) is 11.5 Å². The number of rotatable bonds is 4. The molecule has 126 valence electrons. The van der Waals surface area contributed by atoms with Crippen LogP contribution in [0.2, 0.25) is 0 Å². The van der Waals surface area contributed by atoms with Crippen LogP contribution >= 0.6 is 0 Å². The van der Waals surface area contributed by atoms with Crippen LogP contribution in [0.3, 0.4) is 0 Å². The molecule has 23 heavy (non-hydrogen) atoms. The Morgan fingerprint density at radius 3 is 2.83 bits per heavy atom. The van der Waals surface area contributed by atoms with E-state index in [0.29, 0.717) is 19.8 Å². The summed E-state index contributed by atoms with van der Waals surface area (Å²) >= 11 is 0. The van der Waals surface area contributed by atoms with E-state index in [1.54, 1.807) is 0 Å². The van der Waals surface area contributed by atoms with Gasteiger partial charge in [-0.05, 0) is 37.8 Å². The number of hydrogen-bond acceptors (Lipinski definition) is 5. The number of aliphatic hydroxyl groups is 1. The fourth-order valence-corrected chi connectivity index (χ4v) is 3.86. The molecule has 1 aliphatic heterocycles. The highest BCUT2D eigenvalue weighted by molar-refractivity contribution is 5.61. The minimum atomic E-state index is -0.635. The van der Waals surface area contributed by atoms with E-state index in [-0.39, 0.29) is 22.7 Å². The Bertz CT molecular complexity index is 589. The molecule has 0 radical (unpaired) electrons. The fourth-order valence-electron chi connectivity index (χ4n) is 3.86. The van der Waals surface area contributed by atoms with E-state index >= 15 is 0 Å². The Morgan fingerprint density at radius 2 is 2.13 bits per heavy atom. The average Bonchev–Trinajstić information content (AvgIpc) is 2.83. The Labute approximate surface area is 133 Å². The van der Waals surface area contributed by atoms with Gasteiger partial charge in [0, 0.05) is 31.1 Å². The second-order valence-corrected chi connectivity index (χ2v) is 6.52. The Hall–Kier alpha value is -1.73. The maximum absolute atomic E-state index is 13.2. The van der Waals surface area contributed by atoms with Crippen molar-refractivity contribution in [2.24, 2.45) is 11.3 Å². The van der Waals surface area contributed by atoms with Gasteiger partial charge in [-0.3, -0.25) is 10.1 Å². The van der Waals surface area contributed by atoms with Crippen LogP contribution in [0.25, 0.3) is 0 Å². The molecule has 2 fully saturated rings. The Morgan fingerprint density at radius 1 is 1.39 bits per heavy atom. The molecule has 1 aromatic rings. The number of nitrogens with zero attached hydrogens (tertiary/aromatic N) is 1. The van der Waals surface area contributed by atoms with Gasteiger partial charge in [-0.2, -0.15) is 0 Å². The molecule has 1 aliphatic carbocycles. The normalized spacial score (nSPS) is 26.3. The van der Waals surface area contributed by atoms with Crippen LogP contribution in [0.5, 0.6) is 0 Å². The van der Waals surface area contributed by atoms with Crippen molar-refractivity contribution in [2.75, 3.05) is 25.1 Å². The largest absolute Gasteiger partial charge is 0.392 e. The molecule has 2 N–H and O–H groups in total. The number of nitrogens with one attached hydrogen (secondary N) is 1. The van der Waals surface area contributed by atoms with Crippen LogP contribution in [0.1, 0.15) is 25.7 Å². The predicted molar refractivity (Wildman–Crippen MR) is 82.8 cm³/mol. The van der Waals surface area contributed by atoms with E-state index in [4.69, 9.17) is 4.74 Å². The second kappa shape index (κ2) is 6.41. The zero-order chi connectivity index (χ0) is 16.4. The molecule has 1 saturated heterocycles. The van der Waals surface area contributed by atoms with E-state index < -0.39 is 16.8 Å². The topological polar surface area (TPSA) is 84.6 Å². The molecule has 6 nitrogen and oxygen atoms in total. The lowest BCUT2D eigenvalue weighted by Gasteiger charge is -2.37. The Balaban J connectivity index is 1.66. The maximum Gasteiger partial charge on any atom is 0.295 e. The molecule has 2 aliphatic rings. The van der Waals surface area contributed by atoms with E-state index in [1.807, 2.05) is 0 Å². The molecule has 2 atom stereocenters. The van der Waals surface area contributed by atoms with Gasteiger partial charge >= 0.3 is 0 Å². The van der Waals surface area contributed by atoms with Crippen LogP contribution in [0.4, 0.5) is 15.8 Å². The molecule has 0 amide bonds. The molecule has 0 bridgehead atoms. The summed E-state index contributed by atoms with van der Waals surface area (Å²) in [6.07, 6.45) is 3.12. The molecule has 0 unspecified atom stereocenters. The minimum Gasteiger partial charge on any atom is -0.392 e. The quantitative estimate of drug-likeness (QED) is 0.657. The first kappa shape index (κ1) is 16.1. The molecule has 7 heteroatoms. The van der Waals surface area contributed by atoms with Gasteiger partial charge in [0.15, 0.2) is 0 Å². The number of ether oxygens (including phenoxy) is 1. The predicted octanol–water partition coefficient (Wildman–Crippen LogP) is 2.71. The van der Waals surface area contributed by atoms with Gasteiger partial charge in [-0.1, -0.05) is 0 Å². The molecule has 3 rings (SSSR count). The minimum absolute atomic E-state index is 0.0396. The first-order valence-electron chi connectivity index (χ1n) is 7.95. The van der Waals surface area contributed by atoms with Gasteiger partial charge in [0.2, 0.25) is 0 Å². The summed E-state index contributed by atoms with van der Waals surface area (Å²) in [7, 11) is 0. The molecule has 1 saturated carbocycles. The maximum atomic E-state index is 13.2. The van der Waals surface area contributed by atoms with E-state index in [0.717, 1.165) is 31.7 Å². The van der Waals surface area contributed by atoms with Crippen LogP contribution in [-0.2, 0) is 4.74 Å². The molecular weight excluding hydrogens is 303 g/mol. The fraction of sp³-hybridized carbons (Fsp3) is 0.625. The number of halogens is 1. The molecule has 1 aromatic carbocycles. The first-order valence-corrected chi connectivity index (χ1v) is 7.95. The van der Waals surface area contributed by atoms with Crippen LogP contribution in [0, 0.1) is 27.3 Å². The average molecular weight is 324 g/mol. The lowest BCUT2D eigenvalue weighted by Crippen LogP contribution is -2.40. The van der Waals surface area contributed by atoms with Crippen LogP contribution < -0.4 is 5.32 Å². The van der Waals surface area contributed by atoms with Crippen molar-refractivity contribution < 1.29 is 19.2 Å². The van der Waals surface area contributed by atoms with Gasteiger partial charge in [-0.15, -0.1) is 0 Å². The highest BCUT2D eigenvalue weighted by Gasteiger charge is 2.48. The van der Waals surface area contributed by atoms with Gasteiger partial charge in [0.05, 0.1) is 17.1 Å². The SMILES string of the molecule is O=[N+]([O-])c1cc(F)ccc1NC[C@H]1CCC2(CCOCC2)[C@H]1O. The summed E-state index contributed by atoms with van der Waals surface area (Å²) in [5, 5.41) is 24.7. The summed E-state index contributed by atoms with van der Waals surface area (Å²) in [5.74, 6) is -0.595. The van der Waals surface area contributed by atoms with Crippen LogP contribution in [-0.4, -0.2) is 35.9 Å². The van der Waals surface area contributed by atoms with E-state index in [9.17, 15) is 19.6 Å². The van der Waals surface area contributed by atoms with Crippen molar-refractivity contribution in [1.82, 2.24) is 0 Å². The second-order valence-electron chi connectivity index (χ2n) is 6.52. The third-order valence-electron chi connectivity index (χ3n) is 5.29. The van der Waals surface area contributed by atoms with Crippen molar-refractivity contribution in [3.05, 3.63) is 34.1 Å². The number of hydrogen-bond donors (Lipinski definition) is 2. The van der Waals surface area contributed by atoms with Gasteiger partial charge in [0.25, 0.3) is 5.69 Å². The number of benzene rings is 1. The highest BCUT2D eigenvalue weighted by atomic mass is 19.1. The highest BCUT2D eigenvalue weighted by Crippen LogP contribution is 2.48. The number of nitro groups is 1. The Kier molecular flexibility index (Phi) is 4.50. The van der Waals surface area contributed by atoms with Crippen molar-refractivity contribution in [3.8, 4) is 0 Å². The lowest BCUT2D eigenvalue weighted by atomic mass is 9.76. The summed E-state index contributed by atoms with van der Waals surface area (Å²) in [5.41, 5.74) is -0.0610. The zero-order valence-electron chi connectivity index (χ0n) is 12.8. The third kappa shape index (κ3) is 3.16. The van der Waals surface area contributed by atoms with Crippen LogP contribution in [0.15, 0.2) is 18.2 Å². The van der Waals surface area contributed by atoms with Gasteiger partial charge in [-0.25, -0.2) is 4.39 Å². The van der Waals surface area contributed by atoms with Gasteiger partial charge < -0.3 is 15.2 Å². The standard InChI is InChI=1S/C16H21FN2O4/c17-12-1-2-13(14(9-12)19(21)22)18-10-11-3-4-16(15(11)20)5-7-23-8-6-16/h1-2,9,11,15,18,20H,3-8,10H2/t11-,15+/m1/s1. The summed E-state index contributed by atoms with van der Waals surface area (Å²) in [6, 6.07) is 3.48. The van der Waals surface area contributed by atoms with Crippen molar-refractivity contribution in [1.29, 1.82) is 0 Å². The summed E-state index contributed by atoms with van der Waals surface area (Å²) < 4.78 is 18.6. The van der Waals surface area contributed by atoms with Crippen molar-refractivity contribution in [2.45, 2.75) is 31.8 Å². The molecule has 1 heterocycles. The third-order valence-corrected chi connectivity index (χ3v) is 5.29. The van der Waals surface area contributed by atoms with Crippen molar-refractivity contribution >= 4 is 11.4 Å². The van der Waals surface area contributed by atoms with E-state index in [2.05, 4.69) is 5.32 Å². The zero-order valence-corrected chi connectivity index (χ0v) is 12.8. The monoisotopic (exact) mass is 324 g/mol. The summed E-state index contributed by atoms with van der Waals surface area (Å²) in [4.78, 5) is 10.4. The number of nitro benzene ring substituents is 1. The lowest BCUT2D eigenvalue weighted by molar-refractivity contribution is -0.384. The van der Waals surface area contributed by atoms with Crippen molar-refractivity contribution in [3.63, 3.8) is 0 Å².